The standard InChI is InChI=1S/C15H14N2O2.C11H12N2O2/c1-2-10-7-12(17-9-14(18)16-15(17)19)8-11-5-3-4-6-13(10)11;1-2-12-8-10(14)13(11(12)15)9-6-4-3-5-7-9/h3-8H,2,9H2,1H3,(H,16,18,19);3-7H,2,8H2,1H3. The lowest BCUT2D eigenvalue weighted by molar-refractivity contribution is -0.118. The molecule has 3 aromatic rings. The molecule has 2 fully saturated rings. The summed E-state index contributed by atoms with van der Waals surface area (Å²) in [7, 11) is 0. The van der Waals surface area contributed by atoms with Crippen molar-refractivity contribution in [3.63, 3.8) is 0 Å². The number of rotatable bonds is 4. The van der Waals surface area contributed by atoms with E-state index < -0.39 is 0 Å². The maximum Gasteiger partial charge on any atom is 0.331 e. The Labute approximate surface area is 197 Å². The Kier molecular flexibility index (Phi) is 6.58. The van der Waals surface area contributed by atoms with Crippen LogP contribution in [0.3, 0.4) is 0 Å². The molecule has 0 spiro atoms. The molecule has 2 aliphatic rings. The van der Waals surface area contributed by atoms with Crippen molar-refractivity contribution in [3.8, 4) is 0 Å². The van der Waals surface area contributed by atoms with Crippen LogP contribution in [0.4, 0.5) is 21.0 Å². The van der Waals surface area contributed by atoms with Gasteiger partial charge in [0.15, 0.2) is 0 Å². The second kappa shape index (κ2) is 9.74. The molecule has 0 unspecified atom stereocenters. The summed E-state index contributed by atoms with van der Waals surface area (Å²) in [6, 6.07) is 20.4. The van der Waals surface area contributed by atoms with E-state index in [2.05, 4.69) is 18.3 Å². The van der Waals surface area contributed by atoms with Crippen molar-refractivity contribution < 1.29 is 19.2 Å². The molecule has 8 heteroatoms. The molecule has 174 valence electrons. The number of anilines is 2. The number of para-hydroxylation sites is 1. The molecule has 34 heavy (non-hydrogen) atoms. The highest BCUT2D eigenvalue weighted by Gasteiger charge is 2.35. The summed E-state index contributed by atoms with van der Waals surface area (Å²) in [4.78, 5) is 50.6. The van der Waals surface area contributed by atoms with E-state index in [1.165, 1.54) is 25.6 Å². The molecule has 0 aliphatic carbocycles. The summed E-state index contributed by atoms with van der Waals surface area (Å²) in [6.45, 7) is 4.79. The topological polar surface area (TPSA) is 90.0 Å². The lowest BCUT2D eigenvalue weighted by Crippen LogP contribution is -2.32. The number of carbonyl (C=O) groups excluding carboxylic acids is 4. The molecule has 3 aromatic carbocycles. The van der Waals surface area contributed by atoms with Crippen molar-refractivity contribution in [1.82, 2.24) is 10.2 Å². The predicted octanol–water partition coefficient (Wildman–Crippen LogP) is 3.93. The van der Waals surface area contributed by atoms with E-state index in [4.69, 9.17) is 0 Å². The van der Waals surface area contributed by atoms with Crippen LogP contribution in [0.5, 0.6) is 0 Å². The van der Waals surface area contributed by atoms with Gasteiger partial charge in [-0.2, -0.15) is 0 Å². The maximum absolute atomic E-state index is 11.8. The summed E-state index contributed by atoms with van der Waals surface area (Å²) in [5, 5.41) is 4.58. The van der Waals surface area contributed by atoms with Crippen LogP contribution >= 0.6 is 0 Å². The van der Waals surface area contributed by atoms with Crippen LogP contribution in [-0.2, 0) is 16.0 Å². The number of hydrogen-bond donors (Lipinski definition) is 1. The minimum atomic E-state index is -0.345. The van der Waals surface area contributed by atoms with Gasteiger partial charge in [-0.3, -0.25) is 19.8 Å². The van der Waals surface area contributed by atoms with Crippen molar-refractivity contribution >= 4 is 46.0 Å². The number of likely N-dealkylation sites (N-methyl/N-ethyl adjacent to an activating group) is 1. The van der Waals surface area contributed by atoms with Gasteiger partial charge in [-0.15, -0.1) is 0 Å². The van der Waals surface area contributed by atoms with E-state index in [9.17, 15) is 19.2 Å². The largest absolute Gasteiger partial charge is 0.331 e. The number of nitrogens with one attached hydrogen (secondary N) is 1. The van der Waals surface area contributed by atoms with E-state index in [0.29, 0.717) is 12.2 Å². The molecule has 0 bridgehead atoms. The Hall–Kier alpha value is -4.20. The van der Waals surface area contributed by atoms with Gasteiger partial charge in [0.1, 0.15) is 13.1 Å². The molecule has 0 atom stereocenters. The van der Waals surface area contributed by atoms with Crippen LogP contribution in [0.15, 0.2) is 66.7 Å². The fraction of sp³-hybridized carbons (Fsp3) is 0.231. The molecular formula is C26H26N4O4. The van der Waals surface area contributed by atoms with E-state index in [-0.39, 0.29) is 37.0 Å². The fourth-order valence-corrected chi connectivity index (χ4v) is 4.10. The molecule has 1 N–H and O–H groups in total. The van der Waals surface area contributed by atoms with Gasteiger partial charge in [0.05, 0.1) is 5.69 Å². The minimum Gasteiger partial charge on any atom is -0.315 e. The van der Waals surface area contributed by atoms with Crippen LogP contribution in [-0.4, -0.2) is 48.4 Å². The first-order valence-corrected chi connectivity index (χ1v) is 11.2. The van der Waals surface area contributed by atoms with Gasteiger partial charge in [0.2, 0.25) is 5.91 Å². The first-order chi connectivity index (χ1) is 16.4. The van der Waals surface area contributed by atoms with E-state index in [0.717, 1.165) is 17.5 Å². The van der Waals surface area contributed by atoms with Crippen LogP contribution in [0.25, 0.3) is 10.8 Å². The number of nitrogens with zero attached hydrogens (tertiary/aromatic N) is 3. The number of urea groups is 2. The fourth-order valence-electron chi connectivity index (χ4n) is 4.10. The van der Waals surface area contributed by atoms with Crippen molar-refractivity contribution in [1.29, 1.82) is 0 Å². The SMILES string of the molecule is CCN1CC(=O)N(c2ccccc2)C1=O.CCc1cc(N2CC(=O)NC2=O)cc2ccccc12. The number of aryl methyl sites for hydroxylation is 1. The van der Waals surface area contributed by atoms with E-state index >= 15 is 0 Å². The van der Waals surface area contributed by atoms with Gasteiger partial charge in [-0.1, -0.05) is 49.4 Å². The predicted molar refractivity (Wildman–Crippen MR) is 131 cm³/mol. The van der Waals surface area contributed by atoms with Gasteiger partial charge < -0.3 is 4.90 Å². The molecule has 0 aromatic heterocycles. The molecule has 2 aliphatic heterocycles. The van der Waals surface area contributed by atoms with Crippen LogP contribution in [0.1, 0.15) is 19.4 Å². The van der Waals surface area contributed by atoms with Gasteiger partial charge in [0, 0.05) is 12.2 Å². The summed E-state index contributed by atoms with van der Waals surface area (Å²) in [5.41, 5.74) is 2.60. The highest BCUT2D eigenvalue weighted by molar-refractivity contribution is 6.19. The van der Waals surface area contributed by atoms with Crippen molar-refractivity contribution in [2.75, 3.05) is 29.4 Å². The smallest absolute Gasteiger partial charge is 0.315 e. The summed E-state index contributed by atoms with van der Waals surface area (Å²) in [6.07, 6.45) is 0.887. The van der Waals surface area contributed by atoms with Gasteiger partial charge >= 0.3 is 12.1 Å². The Morgan fingerprint density at radius 3 is 2.15 bits per heavy atom. The average molecular weight is 459 g/mol. The first-order valence-electron chi connectivity index (χ1n) is 11.2. The summed E-state index contributed by atoms with van der Waals surface area (Å²) >= 11 is 0. The second-order valence-corrected chi connectivity index (χ2v) is 7.98. The maximum atomic E-state index is 11.8. The zero-order valence-electron chi connectivity index (χ0n) is 19.2. The minimum absolute atomic E-state index is 0.0975. The molecule has 5 rings (SSSR count). The summed E-state index contributed by atoms with van der Waals surface area (Å²) < 4.78 is 0. The third kappa shape index (κ3) is 4.47. The van der Waals surface area contributed by atoms with Crippen LogP contribution in [0, 0.1) is 0 Å². The lowest BCUT2D eigenvalue weighted by Gasteiger charge is -2.16. The molecule has 2 saturated heterocycles. The van der Waals surface area contributed by atoms with Crippen LogP contribution in [0.2, 0.25) is 0 Å². The number of imide groups is 2. The zero-order chi connectivity index (χ0) is 24.2. The Balaban J connectivity index is 0.000000166. The molecule has 0 radical (unpaired) electrons. The van der Waals surface area contributed by atoms with E-state index in [1.54, 1.807) is 12.1 Å². The normalized spacial score (nSPS) is 15.6. The molecule has 2 heterocycles. The highest BCUT2D eigenvalue weighted by Crippen LogP contribution is 2.27. The number of hydrogen-bond acceptors (Lipinski definition) is 4. The Bertz CT molecular complexity index is 1260. The van der Waals surface area contributed by atoms with Gasteiger partial charge in [0.25, 0.3) is 5.91 Å². The zero-order valence-corrected chi connectivity index (χ0v) is 19.2. The Morgan fingerprint density at radius 2 is 1.53 bits per heavy atom. The number of benzene rings is 3. The Morgan fingerprint density at radius 1 is 0.824 bits per heavy atom. The van der Waals surface area contributed by atoms with Gasteiger partial charge in [-0.05, 0) is 53.9 Å². The van der Waals surface area contributed by atoms with Crippen molar-refractivity contribution in [2.24, 2.45) is 0 Å². The van der Waals surface area contributed by atoms with Crippen LogP contribution < -0.4 is 15.1 Å². The summed E-state index contributed by atoms with van der Waals surface area (Å²) in [5.74, 6) is -0.413. The third-order valence-electron chi connectivity index (χ3n) is 5.85. The highest BCUT2D eigenvalue weighted by atomic mass is 16.2. The third-order valence-corrected chi connectivity index (χ3v) is 5.85. The van der Waals surface area contributed by atoms with Crippen molar-refractivity contribution in [3.05, 3.63) is 72.3 Å². The number of carbonyl (C=O) groups is 4. The molecular weight excluding hydrogens is 432 g/mol. The average Bonchev–Trinajstić information content (AvgIpc) is 3.35. The van der Waals surface area contributed by atoms with E-state index in [1.807, 2.05) is 55.5 Å². The number of amides is 6. The lowest BCUT2D eigenvalue weighted by atomic mass is 10.0. The molecule has 8 nitrogen and oxygen atoms in total. The quantitative estimate of drug-likeness (QED) is 0.600. The molecule has 6 amide bonds. The molecule has 0 saturated carbocycles. The van der Waals surface area contributed by atoms with Crippen molar-refractivity contribution in [2.45, 2.75) is 20.3 Å². The first kappa shape index (κ1) is 23.0. The second-order valence-electron chi connectivity index (χ2n) is 7.98. The monoisotopic (exact) mass is 458 g/mol. The number of fused-ring (bicyclic) bond motifs is 1. The van der Waals surface area contributed by atoms with Gasteiger partial charge in [-0.25, -0.2) is 14.5 Å².